The molecule has 0 aliphatic carbocycles. The van der Waals surface area contributed by atoms with Crippen LogP contribution in [0.15, 0.2) is 22.7 Å². The second-order valence-corrected chi connectivity index (χ2v) is 8.50. The number of benzene rings is 1. The molecule has 30 heavy (non-hydrogen) atoms. The Kier molecular flexibility index (Phi) is 4.89. The number of rotatable bonds is 3. The van der Waals surface area contributed by atoms with E-state index in [1.807, 2.05) is 24.0 Å². The van der Waals surface area contributed by atoms with Crippen LogP contribution in [0.4, 0.5) is 0 Å². The van der Waals surface area contributed by atoms with Gasteiger partial charge in [0.1, 0.15) is 6.04 Å². The zero-order valence-electron chi connectivity index (χ0n) is 17.5. The molecule has 3 atom stereocenters. The van der Waals surface area contributed by atoms with Gasteiger partial charge in [-0.2, -0.15) is 4.98 Å². The van der Waals surface area contributed by atoms with Crippen molar-refractivity contribution in [2.24, 2.45) is 5.92 Å². The second-order valence-electron chi connectivity index (χ2n) is 8.50. The van der Waals surface area contributed by atoms with Gasteiger partial charge in [0, 0.05) is 30.6 Å². The molecule has 8 nitrogen and oxygen atoms in total. The number of aromatic nitrogens is 2. The molecule has 5 rings (SSSR count). The molecule has 1 unspecified atom stereocenters. The van der Waals surface area contributed by atoms with Crippen molar-refractivity contribution >= 4 is 5.91 Å². The Labute approximate surface area is 175 Å². The minimum atomic E-state index is -0.300. The summed E-state index contributed by atoms with van der Waals surface area (Å²) in [7, 11) is 1.65. The minimum absolute atomic E-state index is 0.144. The molecular formula is C22H28N4O4. The molecule has 160 valence electrons. The van der Waals surface area contributed by atoms with E-state index in [2.05, 4.69) is 21.5 Å². The number of para-hydroxylation sites is 1. The van der Waals surface area contributed by atoms with Gasteiger partial charge in [0.25, 0.3) is 0 Å². The Morgan fingerprint density at radius 3 is 3.07 bits per heavy atom. The normalized spacial score (nSPS) is 28.3. The monoisotopic (exact) mass is 412 g/mol. The smallest absolute Gasteiger partial charge is 0.249 e. The quantitative estimate of drug-likeness (QED) is 0.828. The number of piperidine rings is 1. The van der Waals surface area contributed by atoms with E-state index in [9.17, 15) is 4.79 Å². The number of aryl methyl sites for hydroxylation is 1. The Balaban J connectivity index is 1.50. The first kappa shape index (κ1) is 19.4. The van der Waals surface area contributed by atoms with Crippen LogP contribution in [0.1, 0.15) is 49.0 Å². The van der Waals surface area contributed by atoms with Gasteiger partial charge in [0.2, 0.25) is 11.8 Å². The summed E-state index contributed by atoms with van der Waals surface area (Å²) in [5.41, 5.74) is 0.769. The lowest BCUT2D eigenvalue weighted by Gasteiger charge is -2.43. The largest absolute Gasteiger partial charge is 0.493 e. The average molecular weight is 412 g/mol. The van der Waals surface area contributed by atoms with Crippen LogP contribution < -0.4 is 14.8 Å². The summed E-state index contributed by atoms with van der Waals surface area (Å²) in [5.74, 6) is 2.65. The Morgan fingerprint density at radius 1 is 1.37 bits per heavy atom. The van der Waals surface area contributed by atoms with Crippen LogP contribution in [0.25, 0.3) is 0 Å². The summed E-state index contributed by atoms with van der Waals surface area (Å²) in [6.45, 7) is 4.51. The van der Waals surface area contributed by atoms with Gasteiger partial charge in [-0.25, -0.2) is 0 Å². The van der Waals surface area contributed by atoms with Crippen molar-refractivity contribution in [3.63, 3.8) is 0 Å². The molecule has 3 aliphatic rings. The van der Waals surface area contributed by atoms with E-state index >= 15 is 0 Å². The van der Waals surface area contributed by atoms with Crippen LogP contribution >= 0.6 is 0 Å². The molecule has 3 aliphatic heterocycles. The zero-order chi connectivity index (χ0) is 20.7. The van der Waals surface area contributed by atoms with Gasteiger partial charge in [-0.3, -0.25) is 4.79 Å². The lowest BCUT2D eigenvalue weighted by atomic mass is 9.68. The number of likely N-dealkylation sites (tertiary alicyclic amines) is 1. The van der Waals surface area contributed by atoms with Crippen LogP contribution in [-0.2, 0) is 10.2 Å². The van der Waals surface area contributed by atoms with Crippen molar-refractivity contribution in [3.05, 3.63) is 35.5 Å². The van der Waals surface area contributed by atoms with E-state index < -0.39 is 0 Å². The third kappa shape index (κ3) is 2.96. The number of fused-ring (bicyclic) bond motifs is 2. The number of amides is 1. The highest BCUT2D eigenvalue weighted by molar-refractivity contribution is 5.82. The molecule has 2 saturated heterocycles. The van der Waals surface area contributed by atoms with Crippen LogP contribution in [0.2, 0.25) is 0 Å². The number of methoxy groups -OCH3 is 1. The lowest BCUT2D eigenvalue weighted by Crippen LogP contribution is -2.50. The predicted molar refractivity (Wildman–Crippen MR) is 108 cm³/mol. The van der Waals surface area contributed by atoms with Crippen molar-refractivity contribution in [2.75, 3.05) is 33.4 Å². The first-order valence-electron chi connectivity index (χ1n) is 10.8. The van der Waals surface area contributed by atoms with Crippen molar-refractivity contribution in [1.29, 1.82) is 0 Å². The third-order valence-electron chi connectivity index (χ3n) is 6.90. The average Bonchev–Trinajstić information content (AvgIpc) is 3.40. The van der Waals surface area contributed by atoms with Crippen molar-refractivity contribution in [1.82, 2.24) is 20.4 Å². The van der Waals surface area contributed by atoms with Crippen molar-refractivity contribution < 1.29 is 18.8 Å². The Bertz CT molecular complexity index is 945. The molecular weight excluding hydrogens is 384 g/mol. The maximum absolute atomic E-state index is 14.0. The predicted octanol–water partition coefficient (Wildman–Crippen LogP) is 2.38. The van der Waals surface area contributed by atoms with Gasteiger partial charge in [0.05, 0.1) is 19.6 Å². The molecule has 1 aromatic carbocycles. The number of nitrogens with zero attached hydrogens (tertiary/aromatic N) is 3. The highest BCUT2D eigenvalue weighted by Crippen LogP contribution is 2.50. The summed E-state index contributed by atoms with van der Waals surface area (Å²) in [6.07, 6.45) is 3.70. The molecule has 4 heterocycles. The minimum Gasteiger partial charge on any atom is -0.493 e. The van der Waals surface area contributed by atoms with Crippen molar-refractivity contribution in [3.8, 4) is 11.5 Å². The summed E-state index contributed by atoms with van der Waals surface area (Å²) in [4.78, 5) is 20.4. The summed E-state index contributed by atoms with van der Waals surface area (Å²) in [6, 6.07) is 5.84. The Morgan fingerprint density at radius 2 is 2.27 bits per heavy atom. The first-order chi connectivity index (χ1) is 14.6. The number of ether oxygens (including phenoxy) is 2. The summed E-state index contributed by atoms with van der Waals surface area (Å²) in [5, 5.41) is 7.44. The van der Waals surface area contributed by atoms with E-state index in [0.717, 1.165) is 55.8 Å². The van der Waals surface area contributed by atoms with Gasteiger partial charge in [-0.1, -0.05) is 17.3 Å². The fourth-order valence-electron chi connectivity index (χ4n) is 5.42. The Hall–Kier alpha value is -2.61. The molecule has 0 radical (unpaired) electrons. The third-order valence-corrected chi connectivity index (χ3v) is 6.90. The van der Waals surface area contributed by atoms with E-state index in [4.69, 9.17) is 14.0 Å². The van der Waals surface area contributed by atoms with Gasteiger partial charge >= 0.3 is 0 Å². The number of carbonyl (C=O) groups excluding carboxylic acids is 1. The zero-order valence-corrected chi connectivity index (χ0v) is 17.5. The maximum Gasteiger partial charge on any atom is 0.249 e. The van der Waals surface area contributed by atoms with Crippen LogP contribution in [0.5, 0.6) is 11.5 Å². The molecule has 1 aromatic heterocycles. The van der Waals surface area contributed by atoms with Gasteiger partial charge in [-0.05, 0) is 38.7 Å². The topological polar surface area (TPSA) is 89.7 Å². The molecule has 2 aromatic rings. The number of carbonyl (C=O) groups is 1. The fourth-order valence-corrected chi connectivity index (χ4v) is 5.42. The van der Waals surface area contributed by atoms with Crippen LogP contribution in [0.3, 0.4) is 0 Å². The van der Waals surface area contributed by atoms with Gasteiger partial charge in [0.15, 0.2) is 17.3 Å². The highest BCUT2D eigenvalue weighted by atomic mass is 16.5. The molecule has 2 fully saturated rings. The SMILES string of the molecule is COc1cccc2c1OCC[C@]21CNC[C@H]1C(=O)N1CCCCC1c1nc(C)no1. The standard InChI is InChI=1S/C22H28N4O4/c1-14-24-20(30-25-14)17-7-3-4-10-26(17)21(27)16-12-23-13-22(16)9-11-29-19-15(22)6-5-8-18(19)28-2/h5-6,8,16-17,23H,3-4,7,9-13H2,1-2H3/t16-,17?,22-/m0/s1. The number of hydrogen-bond acceptors (Lipinski definition) is 7. The molecule has 0 bridgehead atoms. The second kappa shape index (κ2) is 7.58. The fraction of sp³-hybridized carbons (Fsp3) is 0.591. The van der Waals surface area contributed by atoms with E-state index in [1.54, 1.807) is 7.11 Å². The summed E-state index contributed by atoms with van der Waals surface area (Å²) >= 11 is 0. The van der Waals surface area contributed by atoms with E-state index in [0.29, 0.717) is 24.9 Å². The lowest BCUT2D eigenvalue weighted by molar-refractivity contribution is -0.141. The molecule has 0 saturated carbocycles. The summed E-state index contributed by atoms with van der Waals surface area (Å²) < 4.78 is 17.0. The molecule has 8 heteroatoms. The van der Waals surface area contributed by atoms with E-state index in [1.165, 1.54) is 0 Å². The van der Waals surface area contributed by atoms with Gasteiger partial charge < -0.3 is 24.2 Å². The number of nitrogens with one attached hydrogen (secondary N) is 1. The molecule has 1 N–H and O–H groups in total. The van der Waals surface area contributed by atoms with Crippen LogP contribution in [-0.4, -0.2) is 54.3 Å². The molecule has 1 amide bonds. The van der Waals surface area contributed by atoms with Gasteiger partial charge in [-0.15, -0.1) is 0 Å². The van der Waals surface area contributed by atoms with E-state index in [-0.39, 0.29) is 23.3 Å². The van der Waals surface area contributed by atoms with Crippen LogP contribution in [0, 0.1) is 12.8 Å². The molecule has 1 spiro atoms. The van der Waals surface area contributed by atoms with Crippen molar-refractivity contribution in [2.45, 2.75) is 44.1 Å². The number of hydrogen-bond donors (Lipinski definition) is 1. The highest BCUT2D eigenvalue weighted by Gasteiger charge is 2.53. The maximum atomic E-state index is 14.0. The first-order valence-corrected chi connectivity index (χ1v) is 10.8.